The van der Waals surface area contributed by atoms with Crippen molar-refractivity contribution in [1.29, 1.82) is 0 Å². The van der Waals surface area contributed by atoms with E-state index in [4.69, 9.17) is 9.47 Å². The molecule has 0 saturated heterocycles. The number of aromatic nitrogens is 1. The van der Waals surface area contributed by atoms with E-state index in [-0.39, 0.29) is 48.9 Å². The summed E-state index contributed by atoms with van der Waals surface area (Å²) in [5, 5.41) is 19.1. The molecule has 1 aromatic heterocycles. The molecule has 9 nitrogen and oxygen atoms in total. The number of hydrogen-bond donors (Lipinski definition) is 2. The van der Waals surface area contributed by atoms with Crippen LogP contribution in [0.3, 0.4) is 0 Å². The number of likely N-dealkylation sites (N-methyl/N-ethyl adjacent to an activating group) is 1. The topological polar surface area (TPSA) is 112 Å². The zero-order valence-corrected chi connectivity index (χ0v) is 18.7. The van der Waals surface area contributed by atoms with Crippen LogP contribution < -0.4 is 4.74 Å². The molecule has 9 heteroatoms. The van der Waals surface area contributed by atoms with Crippen LogP contribution >= 0.6 is 0 Å². The molecule has 0 aliphatic carbocycles. The molecule has 1 aliphatic heterocycles. The van der Waals surface area contributed by atoms with Crippen molar-refractivity contribution in [3.63, 3.8) is 0 Å². The fourth-order valence-electron chi connectivity index (χ4n) is 3.18. The van der Waals surface area contributed by atoms with Crippen LogP contribution in [-0.4, -0.2) is 95.5 Å². The molecule has 31 heavy (non-hydrogen) atoms. The first-order valence-corrected chi connectivity index (χ1v) is 10.2. The van der Waals surface area contributed by atoms with Gasteiger partial charge in [0.25, 0.3) is 5.91 Å². The van der Waals surface area contributed by atoms with Crippen molar-refractivity contribution in [2.45, 2.75) is 39.0 Å². The number of rotatable bonds is 6. The average molecular weight is 434 g/mol. The highest BCUT2D eigenvalue weighted by atomic mass is 16.5. The standard InChI is InChI=1S/C22H31N3O6/c1-14-10-25(15(2)12-26)22(29)18-8-17(7-6-16(3)27)9-23-21(18)31-19(14)11-24(4)20(28)13-30-5/h8-9,14-16,19,26-27H,10-13H2,1-5H3/t14-,15-,16+,19-/m0/s1. The smallest absolute Gasteiger partial charge is 0.259 e. The first kappa shape index (κ1) is 24.6. The Bertz CT molecular complexity index is 847. The van der Waals surface area contributed by atoms with Crippen LogP contribution in [-0.2, 0) is 9.53 Å². The van der Waals surface area contributed by atoms with Gasteiger partial charge in [0, 0.05) is 38.4 Å². The Kier molecular flexibility index (Phi) is 8.80. The molecule has 0 radical (unpaired) electrons. The summed E-state index contributed by atoms with van der Waals surface area (Å²) in [6.45, 7) is 5.62. The van der Waals surface area contributed by atoms with E-state index in [2.05, 4.69) is 16.8 Å². The van der Waals surface area contributed by atoms with Gasteiger partial charge in [-0.15, -0.1) is 0 Å². The Labute approximate surface area is 183 Å². The lowest BCUT2D eigenvalue weighted by molar-refractivity contribution is -0.135. The van der Waals surface area contributed by atoms with Gasteiger partial charge >= 0.3 is 0 Å². The summed E-state index contributed by atoms with van der Waals surface area (Å²) in [7, 11) is 3.12. The third-order valence-electron chi connectivity index (χ3n) is 5.09. The van der Waals surface area contributed by atoms with Crippen molar-refractivity contribution < 1.29 is 29.3 Å². The van der Waals surface area contributed by atoms with E-state index in [1.165, 1.54) is 18.2 Å². The normalized spacial score (nSPS) is 20.4. The number of carbonyl (C=O) groups is 2. The van der Waals surface area contributed by atoms with Gasteiger partial charge in [-0.1, -0.05) is 18.8 Å². The van der Waals surface area contributed by atoms with Crippen LogP contribution in [0, 0.1) is 17.8 Å². The van der Waals surface area contributed by atoms with Crippen LogP contribution in [0.25, 0.3) is 0 Å². The van der Waals surface area contributed by atoms with Gasteiger partial charge in [-0.05, 0) is 19.9 Å². The molecule has 0 bridgehead atoms. The van der Waals surface area contributed by atoms with Crippen LogP contribution in [0.4, 0.5) is 0 Å². The number of hydrogen-bond acceptors (Lipinski definition) is 7. The first-order chi connectivity index (χ1) is 14.7. The molecule has 2 rings (SSSR count). The van der Waals surface area contributed by atoms with Crippen molar-refractivity contribution in [1.82, 2.24) is 14.8 Å². The largest absolute Gasteiger partial charge is 0.472 e. The molecular weight excluding hydrogens is 402 g/mol. The Morgan fingerprint density at radius 2 is 2.19 bits per heavy atom. The minimum absolute atomic E-state index is 0.0378. The molecule has 4 atom stereocenters. The summed E-state index contributed by atoms with van der Waals surface area (Å²) in [6, 6.07) is 1.16. The highest BCUT2D eigenvalue weighted by Gasteiger charge is 2.34. The van der Waals surface area contributed by atoms with E-state index in [0.717, 1.165) is 0 Å². The fraction of sp³-hybridized carbons (Fsp3) is 0.591. The van der Waals surface area contributed by atoms with E-state index >= 15 is 0 Å². The number of methoxy groups -OCH3 is 1. The summed E-state index contributed by atoms with van der Waals surface area (Å²) in [5.74, 6) is 4.91. The van der Waals surface area contributed by atoms with Crippen LogP contribution in [0.5, 0.6) is 5.88 Å². The number of nitrogens with zero attached hydrogens (tertiary/aromatic N) is 3. The Hall–Kier alpha value is -2.67. The highest BCUT2D eigenvalue weighted by molar-refractivity contribution is 5.97. The van der Waals surface area contributed by atoms with E-state index in [9.17, 15) is 19.8 Å². The van der Waals surface area contributed by atoms with E-state index in [1.807, 2.05) is 6.92 Å². The van der Waals surface area contributed by atoms with Crippen LogP contribution in [0.15, 0.2) is 12.3 Å². The number of ether oxygens (including phenoxy) is 2. The molecule has 0 fully saturated rings. The maximum absolute atomic E-state index is 13.3. The zero-order valence-electron chi connectivity index (χ0n) is 18.7. The quantitative estimate of drug-likeness (QED) is 0.614. The summed E-state index contributed by atoms with van der Waals surface area (Å²) in [5.41, 5.74) is 0.686. The fourth-order valence-corrected chi connectivity index (χ4v) is 3.18. The Balaban J connectivity index is 2.44. The maximum atomic E-state index is 13.3. The summed E-state index contributed by atoms with van der Waals surface area (Å²) < 4.78 is 11.0. The van der Waals surface area contributed by atoms with Gasteiger partial charge in [-0.25, -0.2) is 4.98 Å². The lowest BCUT2D eigenvalue weighted by Gasteiger charge is -2.37. The van der Waals surface area contributed by atoms with Crippen molar-refractivity contribution in [2.24, 2.45) is 5.92 Å². The van der Waals surface area contributed by atoms with E-state index in [1.54, 1.807) is 31.9 Å². The molecule has 1 aromatic rings. The van der Waals surface area contributed by atoms with Crippen molar-refractivity contribution in [3.8, 4) is 17.7 Å². The maximum Gasteiger partial charge on any atom is 0.259 e. The predicted octanol–water partition coefficient (Wildman–Crippen LogP) is 0.139. The molecule has 2 amide bonds. The third kappa shape index (κ3) is 6.40. The molecule has 2 N–H and O–H groups in total. The van der Waals surface area contributed by atoms with Crippen molar-refractivity contribution in [2.75, 3.05) is 40.5 Å². The molecule has 170 valence electrons. The molecule has 2 heterocycles. The molecular formula is C22H31N3O6. The summed E-state index contributed by atoms with van der Waals surface area (Å²) >= 11 is 0. The van der Waals surface area contributed by atoms with Gasteiger partial charge in [0.1, 0.15) is 24.4 Å². The Morgan fingerprint density at radius 1 is 1.48 bits per heavy atom. The number of pyridine rings is 1. The predicted molar refractivity (Wildman–Crippen MR) is 113 cm³/mol. The van der Waals surface area contributed by atoms with Gasteiger partial charge in [-0.3, -0.25) is 9.59 Å². The first-order valence-electron chi connectivity index (χ1n) is 10.2. The molecule has 1 aliphatic rings. The number of fused-ring (bicyclic) bond motifs is 1. The van der Waals surface area contributed by atoms with Crippen LogP contribution in [0.2, 0.25) is 0 Å². The van der Waals surface area contributed by atoms with Gasteiger partial charge < -0.3 is 29.5 Å². The number of aliphatic hydroxyl groups is 2. The van der Waals surface area contributed by atoms with Crippen LogP contribution in [0.1, 0.15) is 36.7 Å². The minimum atomic E-state index is -0.815. The van der Waals surface area contributed by atoms with Crippen molar-refractivity contribution >= 4 is 11.8 Å². The molecule has 0 saturated carbocycles. The lowest BCUT2D eigenvalue weighted by atomic mass is 10.00. The van der Waals surface area contributed by atoms with Crippen molar-refractivity contribution in [3.05, 3.63) is 23.4 Å². The highest BCUT2D eigenvalue weighted by Crippen LogP contribution is 2.27. The Morgan fingerprint density at radius 3 is 2.81 bits per heavy atom. The second kappa shape index (κ2) is 11.1. The average Bonchev–Trinajstić information content (AvgIpc) is 2.74. The summed E-state index contributed by atoms with van der Waals surface area (Å²) in [6.07, 6.45) is 0.225. The third-order valence-corrected chi connectivity index (χ3v) is 5.09. The van der Waals surface area contributed by atoms with Gasteiger partial charge in [0.15, 0.2) is 0 Å². The van der Waals surface area contributed by atoms with Gasteiger partial charge in [0.05, 0.1) is 19.2 Å². The molecule has 0 spiro atoms. The number of aliphatic hydroxyl groups excluding tert-OH is 2. The SMILES string of the molecule is COCC(=O)N(C)C[C@@H]1Oc2ncc(C#C[C@@H](C)O)cc2C(=O)N([C@@H](C)CO)C[C@@H]1C. The zero-order chi connectivity index (χ0) is 23.1. The van der Waals surface area contributed by atoms with E-state index in [0.29, 0.717) is 12.1 Å². The summed E-state index contributed by atoms with van der Waals surface area (Å²) in [4.78, 5) is 32.8. The molecule has 0 aromatic carbocycles. The van der Waals surface area contributed by atoms with Gasteiger partial charge in [-0.2, -0.15) is 0 Å². The monoisotopic (exact) mass is 433 g/mol. The minimum Gasteiger partial charge on any atom is -0.472 e. The number of amides is 2. The van der Waals surface area contributed by atoms with Gasteiger partial charge in [0.2, 0.25) is 11.8 Å². The van der Waals surface area contributed by atoms with E-state index < -0.39 is 18.2 Å². The molecule has 0 unspecified atom stereocenters. The second-order valence-corrected chi connectivity index (χ2v) is 7.85. The second-order valence-electron chi connectivity index (χ2n) is 7.85. The lowest BCUT2D eigenvalue weighted by Crippen LogP contribution is -2.50. The number of carbonyl (C=O) groups excluding carboxylic acids is 2.